The van der Waals surface area contributed by atoms with E-state index in [0.29, 0.717) is 10.7 Å². The zero-order valence-electron chi connectivity index (χ0n) is 13.9. The molecule has 0 aliphatic rings. The standard InChI is InChI=1S/C18H17BrClN3O3/c1-10(24)22-15-5-3-2-4-13(15)18(26)23-16(17(21)25)9-11-8-12(20)6-7-14(11)19/h2-8,16H,9H2,1H3,(H2,21,25)(H,22,24)(H,23,26)/t16-/m0/s1. The maximum Gasteiger partial charge on any atom is 0.254 e. The highest BCUT2D eigenvalue weighted by atomic mass is 79.9. The summed E-state index contributed by atoms with van der Waals surface area (Å²) in [4.78, 5) is 35.7. The van der Waals surface area contributed by atoms with Crippen LogP contribution in [0.1, 0.15) is 22.8 Å². The summed E-state index contributed by atoms with van der Waals surface area (Å²) in [5.41, 5.74) is 6.77. The van der Waals surface area contributed by atoms with Crippen molar-refractivity contribution in [2.75, 3.05) is 5.32 Å². The molecule has 6 nitrogen and oxygen atoms in total. The molecule has 2 rings (SSSR count). The number of hydrogen-bond donors (Lipinski definition) is 3. The van der Waals surface area contributed by atoms with Gasteiger partial charge in [-0.25, -0.2) is 0 Å². The molecule has 2 aromatic rings. The van der Waals surface area contributed by atoms with E-state index < -0.39 is 17.9 Å². The third-order valence-corrected chi connectivity index (χ3v) is 4.57. The Kier molecular flexibility index (Phi) is 6.76. The smallest absolute Gasteiger partial charge is 0.254 e. The molecule has 1 atom stereocenters. The maximum atomic E-state index is 12.6. The highest BCUT2D eigenvalue weighted by Gasteiger charge is 2.22. The first kappa shape index (κ1) is 19.9. The van der Waals surface area contributed by atoms with E-state index in [4.69, 9.17) is 17.3 Å². The van der Waals surface area contributed by atoms with Gasteiger partial charge < -0.3 is 16.4 Å². The van der Waals surface area contributed by atoms with Crippen molar-refractivity contribution in [2.24, 2.45) is 5.73 Å². The van der Waals surface area contributed by atoms with E-state index >= 15 is 0 Å². The van der Waals surface area contributed by atoms with Gasteiger partial charge in [0.1, 0.15) is 6.04 Å². The van der Waals surface area contributed by atoms with Gasteiger partial charge in [0, 0.05) is 22.8 Å². The molecule has 0 spiro atoms. The van der Waals surface area contributed by atoms with E-state index in [0.717, 1.165) is 10.0 Å². The highest BCUT2D eigenvalue weighted by molar-refractivity contribution is 9.10. The fourth-order valence-corrected chi connectivity index (χ4v) is 2.96. The van der Waals surface area contributed by atoms with Gasteiger partial charge in [0.05, 0.1) is 11.3 Å². The first-order chi connectivity index (χ1) is 12.3. The number of para-hydroxylation sites is 1. The summed E-state index contributed by atoms with van der Waals surface area (Å²) >= 11 is 9.37. The van der Waals surface area contributed by atoms with Crippen LogP contribution in [0, 0.1) is 0 Å². The zero-order valence-corrected chi connectivity index (χ0v) is 16.2. The van der Waals surface area contributed by atoms with Crippen molar-refractivity contribution in [3.8, 4) is 0 Å². The Labute approximate surface area is 164 Å². The Morgan fingerprint density at radius 2 is 1.88 bits per heavy atom. The monoisotopic (exact) mass is 437 g/mol. The average Bonchev–Trinajstić information content (AvgIpc) is 2.57. The molecular weight excluding hydrogens is 422 g/mol. The van der Waals surface area contributed by atoms with E-state index in [1.807, 2.05) is 0 Å². The molecule has 26 heavy (non-hydrogen) atoms. The maximum absolute atomic E-state index is 12.6. The lowest BCUT2D eigenvalue weighted by Gasteiger charge is -2.18. The summed E-state index contributed by atoms with van der Waals surface area (Å²) in [6, 6.07) is 10.7. The van der Waals surface area contributed by atoms with E-state index in [-0.39, 0.29) is 17.9 Å². The summed E-state index contributed by atoms with van der Waals surface area (Å²) in [5.74, 6) is -1.50. The minimum atomic E-state index is -0.942. The molecule has 0 heterocycles. The second-order valence-corrected chi connectivity index (χ2v) is 6.89. The van der Waals surface area contributed by atoms with Gasteiger partial charge in [0.25, 0.3) is 5.91 Å². The van der Waals surface area contributed by atoms with Gasteiger partial charge in [-0.15, -0.1) is 0 Å². The topological polar surface area (TPSA) is 101 Å². The minimum absolute atomic E-state index is 0.171. The normalized spacial score (nSPS) is 11.5. The lowest BCUT2D eigenvalue weighted by atomic mass is 10.0. The number of rotatable bonds is 6. The van der Waals surface area contributed by atoms with Crippen LogP contribution in [-0.4, -0.2) is 23.8 Å². The largest absolute Gasteiger partial charge is 0.368 e. The van der Waals surface area contributed by atoms with Crippen LogP contribution in [-0.2, 0) is 16.0 Å². The van der Waals surface area contributed by atoms with Gasteiger partial charge in [-0.05, 0) is 35.9 Å². The van der Waals surface area contributed by atoms with Gasteiger partial charge >= 0.3 is 0 Å². The molecule has 3 amide bonds. The molecule has 0 unspecified atom stereocenters. The number of hydrogen-bond acceptors (Lipinski definition) is 3. The van der Waals surface area contributed by atoms with Crippen molar-refractivity contribution >= 4 is 50.9 Å². The molecular formula is C18H17BrClN3O3. The van der Waals surface area contributed by atoms with Crippen LogP contribution < -0.4 is 16.4 Å². The molecule has 0 radical (unpaired) electrons. The first-order valence-corrected chi connectivity index (χ1v) is 8.85. The number of halogens is 2. The highest BCUT2D eigenvalue weighted by Crippen LogP contribution is 2.23. The zero-order chi connectivity index (χ0) is 19.3. The van der Waals surface area contributed by atoms with Crippen molar-refractivity contribution < 1.29 is 14.4 Å². The SMILES string of the molecule is CC(=O)Nc1ccccc1C(=O)N[C@@H](Cc1cc(Cl)ccc1Br)C(N)=O. The molecule has 0 saturated heterocycles. The van der Waals surface area contributed by atoms with Crippen LogP contribution >= 0.6 is 27.5 Å². The van der Waals surface area contributed by atoms with Gasteiger partial charge in [0.15, 0.2) is 0 Å². The molecule has 2 aromatic carbocycles. The van der Waals surface area contributed by atoms with E-state index in [9.17, 15) is 14.4 Å². The number of primary amides is 1. The Bertz CT molecular complexity index is 857. The number of amides is 3. The second-order valence-electron chi connectivity index (χ2n) is 5.60. The fourth-order valence-electron chi connectivity index (χ4n) is 2.36. The minimum Gasteiger partial charge on any atom is -0.368 e. The lowest BCUT2D eigenvalue weighted by Crippen LogP contribution is -2.46. The Balaban J connectivity index is 2.23. The summed E-state index contributed by atoms with van der Waals surface area (Å²) < 4.78 is 0.751. The second kappa shape index (κ2) is 8.82. The first-order valence-electron chi connectivity index (χ1n) is 7.68. The van der Waals surface area contributed by atoms with Crippen LogP contribution in [0.25, 0.3) is 0 Å². The molecule has 0 aliphatic heterocycles. The van der Waals surface area contributed by atoms with Crippen LogP contribution in [0.15, 0.2) is 46.9 Å². The van der Waals surface area contributed by atoms with Gasteiger partial charge in [-0.3, -0.25) is 14.4 Å². The summed E-state index contributed by atoms with van der Waals surface area (Å²) in [7, 11) is 0. The average molecular weight is 439 g/mol. The van der Waals surface area contributed by atoms with Gasteiger partial charge in [-0.2, -0.15) is 0 Å². The van der Waals surface area contributed by atoms with Gasteiger partial charge in [0.2, 0.25) is 11.8 Å². The third-order valence-electron chi connectivity index (χ3n) is 3.56. The predicted octanol–water partition coefficient (Wildman–Crippen LogP) is 2.89. The number of benzene rings is 2. The van der Waals surface area contributed by atoms with Crippen molar-refractivity contribution in [1.82, 2.24) is 5.32 Å². The van der Waals surface area contributed by atoms with E-state index in [2.05, 4.69) is 26.6 Å². The van der Waals surface area contributed by atoms with Crippen molar-refractivity contribution in [1.29, 1.82) is 0 Å². The van der Waals surface area contributed by atoms with Gasteiger partial charge in [-0.1, -0.05) is 39.7 Å². The number of nitrogens with two attached hydrogens (primary N) is 1. The fraction of sp³-hybridized carbons (Fsp3) is 0.167. The van der Waals surface area contributed by atoms with Crippen molar-refractivity contribution in [3.05, 3.63) is 63.1 Å². The number of carbonyl (C=O) groups is 3. The molecule has 0 aromatic heterocycles. The van der Waals surface area contributed by atoms with Crippen LogP contribution in [0.4, 0.5) is 5.69 Å². The number of anilines is 1. The third kappa shape index (κ3) is 5.31. The Morgan fingerprint density at radius 1 is 1.19 bits per heavy atom. The van der Waals surface area contributed by atoms with E-state index in [1.165, 1.54) is 6.92 Å². The van der Waals surface area contributed by atoms with Crippen LogP contribution in [0.3, 0.4) is 0 Å². The molecule has 0 aliphatic carbocycles. The molecule has 136 valence electrons. The number of nitrogens with one attached hydrogen (secondary N) is 2. The predicted molar refractivity (Wildman–Crippen MR) is 104 cm³/mol. The summed E-state index contributed by atoms with van der Waals surface area (Å²) in [6.45, 7) is 1.34. The van der Waals surface area contributed by atoms with Crippen molar-refractivity contribution in [2.45, 2.75) is 19.4 Å². The quantitative estimate of drug-likeness (QED) is 0.646. The molecule has 4 N–H and O–H groups in total. The molecule has 0 fully saturated rings. The Hall–Kier alpha value is -2.38. The Morgan fingerprint density at radius 3 is 2.54 bits per heavy atom. The summed E-state index contributed by atoms with van der Waals surface area (Å²) in [6.07, 6.45) is 0.171. The molecule has 0 saturated carbocycles. The van der Waals surface area contributed by atoms with Crippen molar-refractivity contribution in [3.63, 3.8) is 0 Å². The summed E-state index contributed by atoms with van der Waals surface area (Å²) in [5, 5.41) is 5.70. The molecule has 0 bridgehead atoms. The number of carbonyl (C=O) groups excluding carboxylic acids is 3. The lowest BCUT2D eigenvalue weighted by molar-refractivity contribution is -0.119. The molecule has 8 heteroatoms. The van der Waals surface area contributed by atoms with Crippen LogP contribution in [0.2, 0.25) is 5.02 Å². The van der Waals surface area contributed by atoms with E-state index in [1.54, 1.807) is 42.5 Å². The van der Waals surface area contributed by atoms with Crippen LogP contribution in [0.5, 0.6) is 0 Å².